The second-order valence-electron chi connectivity index (χ2n) is 9.23. The number of aromatic nitrogens is 1. The molecule has 1 aliphatic heterocycles. The molecular formula is C28H27FN4O4S2. The lowest BCUT2D eigenvalue weighted by Gasteiger charge is -2.32. The molecular weight excluding hydrogens is 539 g/mol. The SMILES string of the molecule is COc1ccc2nc(N(/N=C/c3ccc(F)cc3)C(=O)c3ccc(S(=O)(=O)N4CCCCC4C)cc3)sc2c1. The van der Waals surface area contributed by atoms with Crippen molar-refractivity contribution in [2.45, 2.75) is 37.1 Å². The first kappa shape index (κ1) is 26.9. The molecule has 0 saturated carbocycles. The predicted molar refractivity (Wildman–Crippen MR) is 151 cm³/mol. The molecule has 39 heavy (non-hydrogen) atoms. The number of piperidine rings is 1. The van der Waals surface area contributed by atoms with Crippen LogP contribution in [0.1, 0.15) is 42.1 Å². The summed E-state index contributed by atoms with van der Waals surface area (Å²) in [7, 11) is -2.10. The molecule has 0 N–H and O–H groups in total. The summed E-state index contributed by atoms with van der Waals surface area (Å²) in [6.45, 7) is 2.40. The summed E-state index contributed by atoms with van der Waals surface area (Å²) in [6.07, 6.45) is 4.11. The number of carbonyl (C=O) groups excluding carboxylic acids is 1. The number of benzene rings is 3. The van der Waals surface area contributed by atoms with Gasteiger partial charge in [-0.05, 0) is 79.9 Å². The quantitative estimate of drug-likeness (QED) is 0.212. The van der Waals surface area contributed by atoms with E-state index in [1.54, 1.807) is 31.4 Å². The molecule has 11 heteroatoms. The molecule has 0 bridgehead atoms. The summed E-state index contributed by atoms with van der Waals surface area (Å²) < 4.78 is 47.5. The Morgan fingerprint density at radius 3 is 2.56 bits per heavy atom. The maximum absolute atomic E-state index is 13.7. The van der Waals surface area contributed by atoms with E-state index in [2.05, 4.69) is 10.1 Å². The number of halogens is 1. The number of fused-ring (bicyclic) bond motifs is 1. The fourth-order valence-corrected chi connectivity index (χ4v) is 7.08. The molecule has 1 aliphatic rings. The monoisotopic (exact) mass is 566 g/mol. The average Bonchev–Trinajstić information content (AvgIpc) is 3.37. The molecule has 0 radical (unpaired) electrons. The van der Waals surface area contributed by atoms with Gasteiger partial charge < -0.3 is 4.74 Å². The number of anilines is 1. The van der Waals surface area contributed by atoms with Crippen molar-refractivity contribution in [3.8, 4) is 5.75 Å². The Morgan fingerprint density at radius 1 is 1.13 bits per heavy atom. The number of hydrazone groups is 1. The molecule has 202 valence electrons. The van der Waals surface area contributed by atoms with Crippen molar-refractivity contribution in [2.24, 2.45) is 5.10 Å². The minimum atomic E-state index is -3.67. The molecule has 1 amide bonds. The van der Waals surface area contributed by atoms with Crippen molar-refractivity contribution < 1.29 is 22.3 Å². The number of sulfonamides is 1. The van der Waals surface area contributed by atoms with Gasteiger partial charge in [-0.2, -0.15) is 14.4 Å². The zero-order valence-corrected chi connectivity index (χ0v) is 23.1. The molecule has 1 unspecified atom stereocenters. The van der Waals surface area contributed by atoms with Crippen LogP contribution in [0.2, 0.25) is 0 Å². The lowest BCUT2D eigenvalue weighted by molar-refractivity contribution is 0.0987. The van der Waals surface area contributed by atoms with Crippen LogP contribution in [0.4, 0.5) is 9.52 Å². The zero-order chi connectivity index (χ0) is 27.6. The van der Waals surface area contributed by atoms with Crippen LogP contribution >= 0.6 is 11.3 Å². The second kappa shape index (κ2) is 11.2. The molecule has 2 heterocycles. The Balaban J connectivity index is 1.48. The van der Waals surface area contributed by atoms with Gasteiger partial charge in [0.05, 0.1) is 28.4 Å². The zero-order valence-electron chi connectivity index (χ0n) is 21.5. The Morgan fingerprint density at radius 2 is 1.87 bits per heavy atom. The highest BCUT2D eigenvalue weighted by atomic mass is 32.2. The van der Waals surface area contributed by atoms with Gasteiger partial charge in [0.25, 0.3) is 5.91 Å². The van der Waals surface area contributed by atoms with Gasteiger partial charge in [0.1, 0.15) is 11.6 Å². The third-order valence-electron chi connectivity index (χ3n) is 6.60. The lowest BCUT2D eigenvalue weighted by atomic mass is 10.1. The molecule has 8 nitrogen and oxygen atoms in total. The first-order chi connectivity index (χ1) is 18.8. The van der Waals surface area contributed by atoms with E-state index in [9.17, 15) is 17.6 Å². The Labute approximate surface area is 230 Å². The fourth-order valence-electron chi connectivity index (χ4n) is 4.43. The van der Waals surface area contributed by atoms with E-state index in [1.165, 1.54) is 58.3 Å². The van der Waals surface area contributed by atoms with Crippen LogP contribution in [0.3, 0.4) is 0 Å². The highest BCUT2D eigenvalue weighted by Gasteiger charge is 2.31. The van der Waals surface area contributed by atoms with Crippen LogP contribution in [-0.4, -0.2) is 49.5 Å². The van der Waals surface area contributed by atoms with Crippen LogP contribution in [0, 0.1) is 5.82 Å². The molecule has 1 saturated heterocycles. The smallest absolute Gasteiger partial charge is 0.280 e. The van der Waals surface area contributed by atoms with Crippen molar-refractivity contribution in [3.63, 3.8) is 0 Å². The van der Waals surface area contributed by atoms with Gasteiger partial charge in [-0.3, -0.25) is 4.79 Å². The Hall–Kier alpha value is -3.67. The van der Waals surface area contributed by atoms with Gasteiger partial charge in [0, 0.05) is 18.2 Å². The van der Waals surface area contributed by atoms with Crippen LogP contribution in [-0.2, 0) is 10.0 Å². The predicted octanol–water partition coefficient (Wildman–Crippen LogP) is 5.69. The minimum absolute atomic E-state index is 0.0704. The maximum atomic E-state index is 13.7. The van der Waals surface area contributed by atoms with Crippen molar-refractivity contribution in [1.29, 1.82) is 0 Å². The first-order valence-corrected chi connectivity index (χ1v) is 14.7. The number of hydrogen-bond acceptors (Lipinski definition) is 7. The van der Waals surface area contributed by atoms with E-state index in [0.717, 1.165) is 29.0 Å². The third kappa shape index (κ3) is 5.70. The van der Waals surface area contributed by atoms with Gasteiger partial charge in [-0.25, -0.2) is 17.8 Å². The van der Waals surface area contributed by atoms with E-state index in [-0.39, 0.29) is 22.3 Å². The summed E-state index contributed by atoms with van der Waals surface area (Å²) >= 11 is 1.26. The van der Waals surface area contributed by atoms with Gasteiger partial charge in [0.2, 0.25) is 15.2 Å². The van der Waals surface area contributed by atoms with Crippen LogP contribution in [0.15, 0.2) is 76.7 Å². The largest absolute Gasteiger partial charge is 0.497 e. The van der Waals surface area contributed by atoms with E-state index in [0.29, 0.717) is 28.5 Å². The van der Waals surface area contributed by atoms with E-state index >= 15 is 0 Å². The van der Waals surface area contributed by atoms with E-state index < -0.39 is 15.9 Å². The van der Waals surface area contributed by atoms with Crippen molar-refractivity contribution in [1.82, 2.24) is 9.29 Å². The number of methoxy groups -OCH3 is 1. The highest BCUT2D eigenvalue weighted by Crippen LogP contribution is 2.33. The summed E-state index contributed by atoms with van der Waals surface area (Å²) in [5.74, 6) is -0.214. The number of amides is 1. The molecule has 3 aromatic carbocycles. The molecule has 1 aromatic heterocycles. The van der Waals surface area contributed by atoms with E-state index in [1.807, 2.05) is 13.0 Å². The number of nitrogens with zero attached hydrogens (tertiary/aromatic N) is 4. The summed E-state index contributed by atoms with van der Waals surface area (Å²) in [6, 6.07) is 16.9. The summed E-state index contributed by atoms with van der Waals surface area (Å²) in [5, 5.41) is 5.87. The highest BCUT2D eigenvalue weighted by molar-refractivity contribution is 7.89. The molecule has 1 atom stereocenters. The third-order valence-corrected chi connectivity index (χ3v) is 9.62. The first-order valence-electron chi connectivity index (χ1n) is 12.5. The topological polar surface area (TPSA) is 92.2 Å². The van der Waals surface area contributed by atoms with Crippen LogP contribution in [0.25, 0.3) is 10.2 Å². The number of carbonyl (C=O) groups is 1. The lowest BCUT2D eigenvalue weighted by Crippen LogP contribution is -2.41. The van der Waals surface area contributed by atoms with E-state index in [4.69, 9.17) is 4.74 Å². The van der Waals surface area contributed by atoms with Gasteiger partial charge >= 0.3 is 0 Å². The van der Waals surface area contributed by atoms with Crippen molar-refractivity contribution in [2.75, 3.05) is 18.7 Å². The number of hydrogen-bond donors (Lipinski definition) is 0. The Kier molecular flexibility index (Phi) is 7.74. The maximum Gasteiger partial charge on any atom is 0.280 e. The van der Waals surface area contributed by atoms with Gasteiger partial charge in [-0.15, -0.1) is 0 Å². The van der Waals surface area contributed by atoms with Crippen molar-refractivity contribution >= 4 is 48.8 Å². The van der Waals surface area contributed by atoms with Crippen LogP contribution < -0.4 is 9.75 Å². The molecule has 0 aliphatic carbocycles. The number of rotatable bonds is 7. The summed E-state index contributed by atoms with van der Waals surface area (Å²) in [4.78, 5) is 18.4. The second-order valence-corrected chi connectivity index (χ2v) is 12.1. The fraction of sp³-hybridized carbons (Fsp3) is 0.250. The normalized spacial score (nSPS) is 16.5. The molecule has 4 aromatic rings. The average molecular weight is 567 g/mol. The standard InChI is InChI=1S/C28H27FN4O4S2/c1-19-5-3-4-16-32(19)39(35,36)24-13-8-21(9-14-24)27(34)33(30-18-20-6-10-22(29)11-7-20)28-31-25-15-12-23(37-2)17-26(25)38-28/h6-15,17-19H,3-5,16H2,1-2H3/b30-18+. The van der Waals surface area contributed by atoms with Crippen molar-refractivity contribution in [3.05, 3.63) is 83.7 Å². The number of thiazole rings is 1. The van der Waals surface area contributed by atoms with Gasteiger partial charge in [0.15, 0.2) is 0 Å². The minimum Gasteiger partial charge on any atom is -0.497 e. The molecule has 5 rings (SSSR count). The molecule has 1 fully saturated rings. The molecule has 0 spiro atoms. The van der Waals surface area contributed by atoms with Gasteiger partial charge in [-0.1, -0.05) is 29.9 Å². The van der Waals surface area contributed by atoms with Crippen LogP contribution in [0.5, 0.6) is 5.75 Å². The number of ether oxygens (including phenoxy) is 1. The Bertz CT molecular complexity index is 1620. The summed E-state index contributed by atoms with van der Waals surface area (Å²) in [5.41, 5.74) is 1.51.